The third kappa shape index (κ3) is 4.13. The van der Waals surface area contributed by atoms with Crippen molar-refractivity contribution in [3.63, 3.8) is 0 Å². The first kappa shape index (κ1) is 25.3. The number of Topliss-reactive ketones (excluding diaryl/α,β-unsaturated/α-hetero) is 1. The highest BCUT2D eigenvalue weighted by Crippen LogP contribution is 2.46. The highest BCUT2D eigenvalue weighted by atomic mass is 16.5. The second-order valence-electron chi connectivity index (χ2n) is 10.8. The number of benzene rings is 4. The monoisotopic (exact) mass is 543 g/mol. The minimum atomic E-state index is -0.282. The molecule has 0 saturated carbocycles. The molecule has 1 aliphatic heterocycles. The number of para-hydroxylation sites is 3. The first-order chi connectivity index (χ1) is 20.1. The molecule has 0 fully saturated rings. The van der Waals surface area contributed by atoms with E-state index in [1.165, 1.54) is 21.8 Å². The zero-order valence-corrected chi connectivity index (χ0v) is 23.5. The van der Waals surface area contributed by atoms with E-state index in [0.29, 0.717) is 12.8 Å². The number of allylic oxidation sites excluding steroid dienone is 1. The Morgan fingerprint density at radius 1 is 0.829 bits per heavy atom. The number of hydrogen-bond acceptors (Lipinski definition) is 5. The van der Waals surface area contributed by atoms with Gasteiger partial charge in [-0.2, -0.15) is 0 Å². The van der Waals surface area contributed by atoms with Crippen molar-refractivity contribution in [3.8, 4) is 11.5 Å². The van der Waals surface area contributed by atoms with Gasteiger partial charge in [-0.3, -0.25) is 4.79 Å². The van der Waals surface area contributed by atoms with Crippen molar-refractivity contribution in [2.24, 2.45) is 0 Å². The maximum atomic E-state index is 14.2. The first-order valence-electron chi connectivity index (χ1n) is 14.2. The van der Waals surface area contributed by atoms with Gasteiger partial charge < -0.3 is 24.7 Å². The standard InChI is InChI=1S/C35H33N3O3/c1-4-38-30-12-8-5-9-24(30)26-17-21(13-15-31(26)38)35-34-29(36-27-10-6-7-11-28(27)37-35)18-22(19-32(34)39)25-20-23(40-2)14-16-33(25)41-3/h5-17,20,22,35-37H,4,18-19H2,1-3H3. The minimum absolute atomic E-state index is 0.0327. The summed E-state index contributed by atoms with van der Waals surface area (Å²) in [4.78, 5) is 14.2. The Kier molecular flexibility index (Phi) is 6.19. The van der Waals surface area contributed by atoms with Gasteiger partial charge in [0.25, 0.3) is 0 Å². The second kappa shape index (κ2) is 10.0. The van der Waals surface area contributed by atoms with Crippen molar-refractivity contribution in [3.05, 3.63) is 107 Å². The van der Waals surface area contributed by atoms with Crippen LogP contribution in [-0.4, -0.2) is 24.6 Å². The van der Waals surface area contributed by atoms with Gasteiger partial charge in [-0.25, -0.2) is 0 Å². The molecule has 0 amide bonds. The average Bonchev–Trinajstić information content (AvgIpc) is 3.22. The van der Waals surface area contributed by atoms with E-state index in [1.54, 1.807) is 14.2 Å². The first-order valence-corrected chi connectivity index (χ1v) is 14.2. The fourth-order valence-corrected chi connectivity index (χ4v) is 6.71. The number of carbonyl (C=O) groups excluding carboxylic acids is 1. The predicted molar refractivity (Wildman–Crippen MR) is 165 cm³/mol. The summed E-state index contributed by atoms with van der Waals surface area (Å²) in [6.45, 7) is 3.08. The Balaban J connectivity index is 1.38. The van der Waals surface area contributed by atoms with Gasteiger partial charge in [0.15, 0.2) is 5.78 Å². The average molecular weight is 544 g/mol. The SMILES string of the molecule is CCn1c2ccccc2c2cc(C3Nc4ccccc4NC4=C3C(=O)CC(c3cc(OC)ccc3OC)C4)ccc21. The van der Waals surface area contributed by atoms with Crippen LogP contribution in [0.5, 0.6) is 11.5 Å². The normalized spacial score (nSPS) is 18.4. The number of nitrogens with zero attached hydrogens (tertiary/aromatic N) is 1. The number of anilines is 2. The molecule has 1 aliphatic carbocycles. The molecule has 206 valence electrons. The van der Waals surface area contributed by atoms with E-state index in [9.17, 15) is 4.79 Å². The van der Waals surface area contributed by atoms with Crippen LogP contribution in [0, 0.1) is 0 Å². The number of methoxy groups -OCH3 is 2. The molecule has 41 heavy (non-hydrogen) atoms. The molecule has 2 N–H and O–H groups in total. The smallest absolute Gasteiger partial charge is 0.163 e. The van der Waals surface area contributed by atoms with Gasteiger partial charge in [-0.05, 0) is 67.4 Å². The molecule has 6 heteroatoms. The molecule has 4 aromatic carbocycles. The van der Waals surface area contributed by atoms with Gasteiger partial charge in [0.2, 0.25) is 0 Å². The van der Waals surface area contributed by atoms with E-state index in [1.807, 2.05) is 30.3 Å². The Labute approximate surface area is 239 Å². The zero-order chi connectivity index (χ0) is 28.1. The largest absolute Gasteiger partial charge is 0.497 e. The van der Waals surface area contributed by atoms with Gasteiger partial charge in [0, 0.05) is 57.5 Å². The van der Waals surface area contributed by atoms with Gasteiger partial charge >= 0.3 is 0 Å². The van der Waals surface area contributed by atoms with Crippen LogP contribution in [0.15, 0.2) is 96.2 Å². The van der Waals surface area contributed by atoms with Crippen LogP contribution >= 0.6 is 0 Å². The van der Waals surface area contributed by atoms with E-state index >= 15 is 0 Å². The molecule has 1 aromatic heterocycles. The molecule has 2 unspecified atom stereocenters. The Morgan fingerprint density at radius 3 is 2.41 bits per heavy atom. The summed E-state index contributed by atoms with van der Waals surface area (Å²) in [5.41, 5.74) is 8.21. The van der Waals surface area contributed by atoms with E-state index in [4.69, 9.17) is 9.47 Å². The number of ketones is 1. The van der Waals surface area contributed by atoms with Crippen LogP contribution in [0.1, 0.15) is 42.9 Å². The van der Waals surface area contributed by atoms with Gasteiger partial charge in [0.1, 0.15) is 11.5 Å². The highest BCUT2D eigenvalue weighted by molar-refractivity contribution is 6.08. The van der Waals surface area contributed by atoms with E-state index in [0.717, 1.165) is 51.8 Å². The topological polar surface area (TPSA) is 64.5 Å². The lowest BCUT2D eigenvalue weighted by molar-refractivity contribution is -0.116. The molecule has 2 atom stereocenters. The number of aromatic nitrogens is 1. The zero-order valence-electron chi connectivity index (χ0n) is 23.5. The Morgan fingerprint density at radius 2 is 1.61 bits per heavy atom. The fourth-order valence-electron chi connectivity index (χ4n) is 6.71. The summed E-state index contributed by atoms with van der Waals surface area (Å²) in [6.07, 6.45) is 1.09. The molecule has 7 rings (SSSR count). The van der Waals surface area contributed by atoms with Crippen LogP contribution in [-0.2, 0) is 11.3 Å². The lowest BCUT2D eigenvalue weighted by atomic mass is 9.78. The van der Waals surface area contributed by atoms with Crippen molar-refractivity contribution < 1.29 is 14.3 Å². The summed E-state index contributed by atoms with van der Waals surface area (Å²) < 4.78 is 13.6. The summed E-state index contributed by atoms with van der Waals surface area (Å²) in [5, 5.41) is 9.83. The van der Waals surface area contributed by atoms with Crippen molar-refractivity contribution in [1.29, 1.82) is 0 Å². The molecule has 0 spiro atoms. The molecule has 0 radical (unpaired) electrons. The maximum absolute atomic E-state index is 14.2. The molecule has 2 heterocycles. The third-order valence-electron chi connectivity index (χ3n) is 8.63. The van der Waals surface area contributed by atoms with Gasteiger partial charge in [0.05, 0.1) is 31.6 Å². The Bertz CT molecular complexity index is 1850. The van der Waals surface area contributed by atoms with Crippen molar-refractivity contribution >= 4 is 39.0 Å². The number of nitrogens with one attached hydrogen (secondary N) is 2. The lowest BCUT2D eigenvalue weighted by Gasteiger charge is -2.30. The predicted octanol–water partition coefficient (Wildman–Crippen LogP) is 7.81. The van der Waals surface area contributed by atoms with E-state index < -0.39 is 0 Å². The van der Waals surface area contributed by atoms with Gasteiger partial charge in [-0.15, -0.1) is 0 Å². The van der Waals surface area contributed by atoms with Crippen molar-refractivity contribution in [2.45, 2.75) is 38.3 Å². The van der Waals surface area contributed by atoms with Crippen molar-refractivity contribution in [1.82, 2.24) is 4.57 Å². The summed E-state index contributed by atoms with van der Waals surface area (Å²) >= 11 is 0. The van der Waals surface area contributed by atoms with Crippen LogP contribution in [0.25, 0.3) is 21.8 Å². The molecule has 0 saturated heterocycles. The number of carbonyl (C=O) groups is 1. The molecule has 0 bridgehead atoms. The molecular weight excluding hydrogens is 510 g/mol. The number of aryl methyl sites for hydroxylation is 1. The lowest BCUT2D eigenvalue weighted by Crippen LogP contribution is -2.27. The number of hydrogen-bond donors (Lipinski definition) is 2. The number of fused-ring (bicyclic) bond motifs is 4. The molecular formula is C35H33N3O3. The quantitative estimate of drug-likeness (QED) is 0.237. The summed E-state index contributed by atoms with van der Waals surface area (Å²) in [7, 11) is 3.33. The highest BCUT2D eigenvalue weighted by Gasteiger charge is 2.37. The van der Waals surface area contributed by atoms with Crippen LogP contribution in [0.3, 0.4) is 0 Å². The molecule has 6 nitrogen and oxygen atoms in total. The van der Waals surface area contributed by atoms with Crippen LogP contribution in [0.2, 0.25) is 0 Å². The van der Waals surface area contributed by atoms with E-state index in [2.05, 4.69) is 76.7 Å². The molecule has 5 aromatic rings. The van der Waals surface area contributed by atoms with Crippen LogP contribution < -0.4 is 20.1 Å². The summed E-state index contributed by atoms with van der Waals surface area (Å²) in [5.74, 6) is 1.63. The van der Waals surface area contributed by atoms with Crippen molar-refractivity contribution in [2.75, 3.05) is 24.9 Å². The summed E-state index contributed by atoms with van der Waals surface area (Å²) in [6, 6.07) is 28.9. The fraction of sp³-hybridized carbons (Fsp3) is 0.229. The second-order valence-corrected chi connectivity index (χ2v) is 10.8. The Hall–Kier alpha value is -4.71. The minimum Gasteiger partial charge on any atom is -0.497 e. The third-order valence-corrected chi connectivity index (χ3v) is 8.63. The number of rotatable bonds is 5. The number of ether oxygens (including phenoxy) is 2. The van der Waals surface area contributed by atoms with E-state index in [-0.39, 0.29) is 17.7 Å². The van der Waals surface area contributed by atoms with Crippen LogP contribution in [0.4, 0.5) is 11.4 Å². The molecule has 2 aliphatic rings. The van der Waals surface area contributed by atoms with Gasteiger partial charge in [-0.1, -0.05) is 36.4 Å². The maximum Gasteiger partial charge on any atom is 0.163 e.